The molecule has 0 aromatic carbocycles. The van der Waals surface area contributed by atoms with Crippen molar-refractivity contribution in [2.24, 2.45) is 0 Å². The second kappa shape index (κ2) is 2.21. The molecule has 0 atom stereocenters. The van der Waals surface area contributed by atoms with Gasteiger partial charge < -0.3 is 4.74 Å². The molecule has 1 aliphatic carbocycles. The standard InChI is InChI=1S/C8H8NO/c1-2-4-8-7(3-1)9-5-6-10-8/h2,4-6H,1,3H2. The molecule has 0 aromatic heterocycles. The van der Waals surface area contributed by atoms with Gasteiger partial charge in [0.1, 0.15) is 12.0 Å². The number of hydrogen-bond donors (Lipinski definition) is 0. The van der Waals surface area contributed by atoms with Crippen LogP contribution in [0.1, 0.15) is 12.8 Å². The van der Waals surface area contributed by atoms with Crippen LogP contribution in [0, 0.1) is 0 Å². The van der Waals surface area contributed by atoms with E-state index in [1.807, 2.05) is 6.08 Å². The molecular formula is C8H8NO. The van der Waals surface area contributed by atoms with E-state index >= 15 is 0 Å². The van der Waals surface area contributed by atoms with E-state index in [1.54, 1.807) is 12.5 Å². The fourth-order valence-corrected chi connectivity index (χ4v) is 1.09. The lowest BCUT2D eigenvalue weighted by Gasteiger charge is -2.15. The Bertz CT molecular complexity index is 225. The van der Waals surface area contributed by atoms with Gasteiger partial charge in [-0.2, -0.15) is 0 Å². The van der Waals surface area contributed by atoms with E-state index in [0.717, 1.165) is 24.3 Å². The molecular weight excluding hydrogens is 126 g/mol. The van der Waals surface area contributed by atoms with E-state index in [1.165, 1.54) is 0 Å². The highest BCUT2D eigenvalue weighted by molar-refractivity contribution is 5.26. The Balaban J connectivity index is 2.25. The van der Waals surface area contributed by atoms with Crippen LogP contribution in [-0.2, 0) is 4.74 Å². The highest BCUT2D eigenvalue weighted by Crippen LogP contribution is 2.20. The van der Waals surface area contributed by atoms with E-state index in [9.17, 15) is 0 Å². The number of nitrogens with zero attached hydrogens (tertiary/aromatic N) is 1. The van der Waals surface area contributed by atoms with Crippen LogP contribution in [0.15, 0.2) is 36.1 Å². The first kappa shape index (κ1) is 5.59. The molecule has 0 aromatic rings. The van der Waals surface area contributed by atoms with Crippen molar-refractivity contribution in [1.82, 2.24) is 5.32 Å². The van der Waals surface area contributed by atoms with E-state index in [2.05, 4.69) is 11.4 Å². The first-order chi connectivity index (χ1) is 4.97. The summed E-state index contributed by atoms with van der Waals surface area (Å²) in [6, 6.07) is 0. The zero-order valence-electron chi connectivity index (χ0n) is 5.58. The van der Waals surface area contributed by atoms with Crippen LogP contribution >= 0.6 is 0 Å². The summed E-state index contributed by atoms with van der Waals surface area (Å²) in [7, 11) is 0. The third-order valence-corrected chi connectivity index (χ3v) is 1.59. The van der Waals surface area contributed by atoms with Gasteiger partial charge in [-0.1, -0.05) is 6.08 Å². The smallest absolute Gasteiger partial charge is 0.147 e. The summed E-state index contributed by atoms with van der Waals surface area (Å²) in [5.41, 5.74) is 1.07. The Morgan fingerprint density at radius 2 is 2.50 bits per heavy atom. The van der Waals surface area contributed by atoms with Gasteiger partial charge in [0.2, 0.25) is 0 Å². The van der Waals surface area contributed by atoms with E-state index in [4.69, 9.17) is 4.74 Å². The maximum absolute atomic E-state index is 5.20. The van der Waals surface area contributed by atoms with Crippen LogP contribution in [0.2, 0.25) is 0 Å². The lowest BCUT2D eigenvalue weighted by atomic mass is 10.1. The molecule has 0 unspecified atom stereocenters. The van der Waals surface area contributed by atoms with Gasteiger partial charge in [-0.25, -0.2) is 0 Å². The third-order valence-electron chi connectivity index (χ3n) is 1.59. The van der Waals surface area contributed by atoms with Crippen molar-refractivity contribution >= 4 is 0 Å². The number of hydrogen-bond acceptors (Lipinski definition) is 1. The largest absolute Gasteiger partial charge is 0.461 e. The summed E-state index contributed by atoms with van der Waals surface area (Å²) in [5, 5.41) is 4.17. The van der Waals surface area contributed by atoms with Crippen molar-refractivity contribution in [3.63, 3.8) is 0 Å². The zero-order chi connectivity index (χ0) is 6.81. The Kier molecular flexibility index (Phi) is 1.24. The second-order valence-corrected chi connectivity index (χ2v) is 2.28. The molecule has 1 radical (unpaired) electrons. The number of allylic oxidation sites excluding steroid dienone is 3. The van der Waals surface area contributed by atoms with Gasteiger partial charge in [-0.3, -0.25) is 5.32 Å². The Morgan fingerprint density at radius 3 is 3.40 bits per heavy atom. The monoisotopic (exact) mass is 134 g/mol. The first-order valence-corrected chi connectivity index (χ1v) is 3.39. The summed E-state index contributed by atoms with van der Waals surface area (Å²) in [5.74, 6) is 0.911. The minimum atomic E-state index is 0.911. The van der Waals surface area contributed by atoms with Crippen LogP contribution in [0.3, 0.4) is 0 Å². The summed E-state index contributed by atoms with van der Waals surface area (Å²) in [6.45, 7) is 0. The van der Waals surface area contributed by atoms with Gasteiger partial charge >= 0.3 is 0 Å². The minimum Gasteiger partial charge on any atom is -0.461 e. The van der Waals surface area contributed by atoms with E-state index in [0.29, 0.717) is 0 Å². The van der Waals surface area contributed by atoms with Gasteiger partial charge in [-0.15, -0.1) is 0 Å². The van der Waals surface area contributed by atoms with Crippen molar-refractivity contribution in [2.45, 2.75) is 12.8 Å². The van der Waals surface area contributed by atoms with Crippen LogP contribution in [0.5, 0.6) is 0 Å². The molecule has 2 rings (SSSR count). The lowest BCUT2D eigenvalue weighted by Crippen LogP contribution is -2.08. The van der Waals surface area contributed by atoms with E-state index in [-0.39, 0.29) is 0 Å². The molecule has 0 saturated carbocycles. The highest BCUT2D eigenvalue weighted by Gasteiger charge is 2.11. The van der Waals surface area contributed by atoms with Crippen LogP contribution < -0.4 is 5.32 Å². The summed E-state index contributed by atoms with van der Waals surface area (Å²) in [6.07, 6.45) is 9.47. The second-order valence-electron chi connectivity index (χ2n) is 2.28. The molecule has 1 aliphatic heterocycles. The molecule has 2 heteroatoms. The van der Waals surface area contributed by atoms with Crippen LogP contribution in [0.4, 0.5) is 0 Å². The maximum atomic E-state index is 5.20. The third kappa shape index (κ3) is 0.817. The molecule has 0 N–H and O–H groups in total. The minimum absolute atomic E-state index is 0.911. The summed E-state index contributed by atoms with van der Waals surface area (Å²) < 4.78 is 5.20. The molecule has 0 saturated heterocycles. The first-order valence-electron chi connectivity index (χ1n) is 3.39. The number of rotatable bonds is 0. The molecule has 1 heterocycles. The maximum Gasteiger partial charge on any atom is 0.147 e. The van der Waals surface area contributed by atoms with Gasteiger partial charge in [0.05, 0.1) is 11.9 Å². The van der Waals surface area contributed by atoms with Crippen molar-refractivity contribution in [2.75, 3.05) is 0 Å². The lowest BCUT2D eigenvalue weighted by molar-refractivity contribution is 0.341. The van der Waals surface area contributed by atoms with Gasteiger partial charge in [0.25, 0.3) is 0 Å². The van der Waals surface area contributed by atoms with Crippen LogP contribution in [-0.4, -0.2) is 0 Å². The van der Waals surface area contributed by atoms with Gasteiger partial charge in [-0.05, 0) is 18.9 Å². The molecule has 0 bridgehead atoms. The van der Waals surface area contributed by atoms with Gasteiger partial charge in [0, 0.05) is 0 Å². The zero-order valence-corrected chi connectivity index (χ0v) is 5.58. The van der Waals surface area contributed by atoms with Crippen LogP contribution in [0.25, 0.3) is 0 Å². The predicted molar refractivity (Wildman–Crippen MR) is 37.8 cm³/mol. The summed E-state index contributed by atoms with van der Waals surface area (Å²) >= 11 is 0. The summed E-state index contributed by atoms with van der Waals surface area (Å²) in [4.78, 5) is 0. The molecule has 0 fully saturated rings. The predicted octanol–water partition coefficient (Wildman–Crippen LogP) is 1.65. The SMILES string of the molecule is C1=CC2=C(CC1)[N]C=CO2. The molecule has 51 valence electrons. The fraction of sp³-hybridized carbons (Fsp3) is 0.250. The average Bonchev–Trinajstić information content (AvgIpc) is 2.05. The molecule has 2 aliphatic rings. The topological polar surface area (TPSA) is 23.3 Å². The molecule has 0 amide bonds. The van der Waals surface area contributed by atoms with Crippen molar-refractivity contribution in [3.05, 3.63) is 36.1 Å². The Hall–Kier alpha value is -1.18. The Morgan fingerprint density at radius 1 is 1.50 bits per heavy atom. The fourth-order valence-electron chi connectivity index (χ4n) is 1.09. The van der Waals surface area contributed by atoms with E-state index < -0.39 is 0 Å². The Labute approximate surface area is 59.9 Å². The van der Waals surface area contributed by atoms with Crippen molar-refractivity contribution in [1.29, 1.82) is 0 Å². The average molecular weight is 134 g/mol. The van der Waals surface area contributed by atoms with Crippen molar-refractivity contribution in [3.8, 4) is 0 Å². The van der Waals surface area contributed by atoms with Crippen molar-refractivity contribution < 1.29 is 4.74 Å². The molecule has 0 spiro atoms. The molecule has 10 heavy (non-hydrogen) atoms. The quantitative estimate of drug-likeness (QED) is 0.494. The van der Waals surface area contributed by atoms with Gasteiger partial charge in [0.15, 0.2) is 0 Å². The molecule has 2 nitrogen and oxygen atoms in total. The number of ether oxygens (including phenoxy) is 1. The highest BCUT2D eigenvalue weighted by atomic mass is 16.5. The normalized spacial score (nSPS) is 21.6.